The molecule has 1 saturated carbocycles. The number of benzene rings is 1. The Morgan fingerprint density at radius 2 is 1.76 bits per heavy atom. The minimum atomic E-state index is -0.238. The van der Waals surface area contributed by atoms with E-state index in [2.05, 4.69) is 10.6 Å². The van der Waals surface area contributed by atoms with Gasteiger partial charge in [0, 0.05) is 32.8 Å². The first-order chi connectivity index (χ1) is 14.1. The van der Waals surface area contributed by atoms with E-state index in [9.17, 15) is 14.7 Å². The first-order valence-corrected chi connectivity index (χ1v) is 10.7. The minimum absolute atomic E-state index is 0.0812. The number of aliphatic hydroxyl groups is 1. The number of carbonyl (C=O) groups excluding carboxylic acids is 2. The lowest BCUT2D eigenvalue weighted by molar-refractivity contribution is 0.0657. The summed E-state index contributed by atoms with van der Waals surface area (Å²) in [6, 6.07) is 6.93. The summed E-state index contributed by atoms with van der Waals surface area (Å²) >= 11 is 0. The second-order valence-electron chi connectivity index (χ2n) is 7.96. The van der Waals surface area contributed by atoms with Crippen molar-refractivity contribution < 1.29 is 14.7 Å². The Bertz CT molecular complexity index is 716. The Labute approximate surface area is 172 Å². The number of rotatable bonds is 8. The van der Waals surface area contributed by atoms with E-state index in [-0.39, 0.29) is 23.8 Å². The quantitative estimate of drug-likeness (QED) is 0.353. The van der Waals surface area contributed by atoms with Crippen molar-refractivity contribution in [1.29, 1.82) is 0 Å². The van der Waals surface area contributed by atoms with Gasteiger partial charge >= 0.3 is 0 Å². The Kier molecular flexibility index (Phi) is 7.25. The molecule has 2 amide bonds. The van der Waals surface area contributed by atoms with Crippen molar-refractivity contribution in [3.63, 3.8) is 0 Å². The van der Waals surface area contributed by atoms with Gasteiger partial charge in [0.05, 0.1) is 11.1 Å². The normalized spacial score (nSPS) is 18.7. The molecular formula is C22H32N4O3. The predicted molar refractivity (Wildman–Crippen MR) is 113 cm³/mol. The maximum absolute atomic E-state index is 12.5. The summed E-state index contributed by atoms with van der Waals surface area (Å²) in [5.41, 5.74) is 1.03. The van der Waals surface area contributed by atoms with Crippen LogP contribution in [0.4, 0.5) is 0 Å². The molecule has 1 aliphatic heterocycles. The summed E-state index contributed by atoms with van der Waals surface area (Å²) in [4.78, 5) is 31.0. The zero-order valence-electron chi connectivity index (χ0n) is 17.2. The largest absolute Gasteiger partial charge is 0.396 e. The summed E-state index contributed by atoms with van der Waals surface area (Å²) in [6.07, 6.45) is 6.63. The number of imide groups is 1. The molecule has 0 bridgehead atoms. The van der Waals surface area contributed by atoms with Gasteiger partial charge in [-0.2, -0.15) is 0 Å². The van der Waals surface area contributed by atoms with Crippen LogP contribution in [0.15, 0.2) is 29.3 Å². The van der Waals surface area contributed by atoms with Gasteiger partial charge in [0.15, 0.2) is 5.96 Å². The minimum Gasteiger partial charge on any atom is -0.396 e. The summed E-state index contributed by atoms with van der Waals surface area (Å²) in [5.74, 6) is 0.212. The van der Waals surface area contributed by atoms with Crippen LogP contribution in [0.1, 0.15) is 66.2 Å². The molecule has 158 valence electrons. The molecule has 29 heavy (non-hydrogen) atoms. The predicted octanol–water partition coefficient (Wildman–Crippen LogP) is 2.17. The van der Waals surface area contributed by atoms with Crippen LogP contribution in [0.5, 0.6) is 0 Å². The fourth-order valence-corrected chi connectivity index (χ4v) is 4.34. The third-order valence-electron chi connectivity index (χ3n) is 5.98. The van der Waals surface area contributed by atoms with E-state index < -0.39 is 0 Å². The van der Waals surface area contributed by atoms with Crippen LogP contribution in [0.2, 0.25) is 0 Å². The van der Waals surface area contributed by atoms with Crippen LogP contribution in [0.3, 0.4) is 0 Å². The molecule has 0 saturated heterocycles. The Morgan fingerprint density at radius 3 is 2.34 bits per heavy atom. The highest BCUT2D eigenvalue weighted by Crippen LogP contribution is 2.39. The number of aliphatic hydroxyl groups excluding tert-OH is 1. The second kappa shape index (κ2) is 9.87. The molecule has 0 unspecified atom stereocenters. The highest BCUT2D eigenvalue weighted by molar-refractivity contribution is 6.21. The summed E-state index contributed by atoms with van der Waals surface area (Å²) in [6.45, 7) is 4.33. The number of nitrogens with zero attached hydrogens (tertiary/aromatic N) is 2. The van der Waals surface area contributed by atoms with Crippen molar-refractivity contribution in [3.8, 4) is 0 Å². The summed E-state index contributed by atoms with van der Waals surface area (Å²) < 4.78 is 0. The van der Waals surface area contributed by atoms with E-state index in [4.69, 9.17) is 4.99 Å². The van der Waals surface area contributed by atoms with E-state index in [1.807, 2.05) is 6.92 Å². The first-order valence-electron chi connectivity index (χ1n) is 10.7. The number of fused-ring (bicyclic) bond motifs is 1. The molecule has 1 aromatic carbocycles. The molecule has 3 rings (SSSR count). The molecule has 2 aliphatic rings. The molecule has 0 spiro atoms. The van der Waals surface area contributed by atoms with E-state index in [0.717, 1.165) is 25.8 Å². The number of aliphatic imine (C=N–C) groups is 1. The molecular weight excluding hydrogens is 368 g/mol. The molecule has 1 aromatic rings. The van der Waals surface area contributed by atoms with Crippen molar-refractivity contribution in [1.82, 2.24) is 15.5 Å². The number of nitrogens with one attached hydrogen (secondary N) is 2. The van der Waals surface area contributed by atoms with Gasteiger partial charge in [0.25, 0.3) is 11.8 Å². The second-order valence-corrected chi connectivity index (χ2v) is 7.96. The molecule has 3 N–H and O–H groups in total. The molecule has 1 fully saturated rings. The average Bonchev–Trinajstić information content (AvgIpc) is 2.98. The Morgan fingerprint density at radius 1 is 1.10 bits per heavy atom. The molecule has 0 radical (unpaired) electrons. The first kappa shape index (κ1) is 21.3. The van der Waals surface area contributed by atoms with Crippen molar-refractivity contribution in [2.45, 2.75) is 45.4 Å². The van der Waals surface area contributed by atoms with Crippen LogP contribution in [-0.4, -0.2) is 60.6 Å². The standard InChI is InChI=1S/C22H32N4O3/c1-2-23-21(25-16-22(12-15-27)10-6-3-7-11-22)24-13-14-26-19(28)17-8-4-5-9-18(17)20(26)29/h4-5,8-9,27H,2-3,6-7,10-16H2,1H3,(H2,23,24,25). The molecule has 7 nitrogen and oxygen atoms in total. The number of amides is 2. The van der Waals surface area contributed by atoms with Crippen molar-refractivity contribution >= 4 is 17.8 Å². The van der Waals surface area contributed by atoms with E-state index in [1.165, 1.54) is 24.2 Å². The highest BCUT2D eigenvalue weighted by atomic mass is 16.3. The monoisotopic (exact) mass is 400 g/mol. The zero-order chi connectivity index (χ0) is 20.7. The number of guanidine groups is 1. The number of carbonyl (C=O) groups is 2. The van der Waals surface area contributed by atoms with E-state index in [1.54, 1.807) is 24.3 Å². The van der Waals surface area contributed by atoms with Gasteiger partial charge in [-0.05, 0) is 43.7 Å². The van der Waals surface area contributed by atoms with Crippen molar-refractivity contribution in [3.05, 3.63) is 35.4 Å². The zero-order valence-corrected chi connectivity index (χ0v) is 17.2. The van der Waals surface area contributed by atoms with Gasteiger partial charge in [-0.25, -0.2) is 0 Å². The van der Waals surface area contributed by atoms with Crippen LogP contribution < -0.4 is 10.6 Å². The van der Waals surface area contributed by atoms with Gasteiger partial charge in [0.2, 0.25) is 0 Å². The van der Waals surface area contributed by atoms with Gasteiger partial charge in [0.1, 0.15) is 0 Å². The lowest BCUT2D eigenvalue weighted by atomic mass is 9.72. The third-order valence-corrected chi connectivity index (χ3v) is 5.98. The highest BCUT2D eigenvalue weighted by Gasteiger charge is 2.34. The smallest absolute Gasteiger partial charge is 0.261 e. The maximum atomic E-state index is 12.5. The fraction of sp³-hybridized carbons (Fsp3) is 0.591. The SMILES string of the molecule is CCNC(=NCC1(CCO)CCCCC1)NCCN1C(=O)c2ccccc2C1=O. The van der Waals surface area contributed by atoms with Crippen LogP contribution in [0, 0.1) is 5.41 Å². The Balaban J connectivity index is 1.58. The van der Waals surface area contributed by atoms with Crippen LogP contribution >= 0.6 is 0 Å². The van der Waals surface area contributed by atoms with Gasteiger partial charge in [-0.15, -0.1) is 0 Å². The molecule has 0 atom stereocenters. The van der Waals surface area contributed by atoms with Crippen molar-refractivity contribution in [2.24, 2.45) is 10.4 Å². The lowest BCUT2D eigenvalue weighted by Gasteiger charge is -2.35. The maximum Gasteiger partial charge on any atom is 0.261 e. The van der Waals surface area contributed by atoms with Gasteiger partial charge < -0.3 is 15.7 Å². The third kappa shape index (κ3) is 4.96. The van der Waals surface area contributed by atoms with E-state index in [0.29, 0.717) is 36.7 Å². The van der Waals surface area contributed by atoms with Crippen molar-refractivity contribution in [2.75, 3.05) is 32.8 Å². The Hall–Kier alpha value is -2.41. The molecule has 1 heterocycles. The molecule has 1 aliphatic carbocycles. The summed E-state index contributed by atoms with van der Waals surface area (Å²) in [7, 11) is 0. The van der Waals surface area contributed by atoms with Crippen LogP contribution in [0.25, 0.3) is 0 Å². The topological polar surface area (TPSA) is 94.0 Å². The average molecular weight is 401 g/mol. The fourth-order valence-electron chi connectivity index (χ4n) is 4.34. The van der Waals surface area contributed by atoms with E-state index >= 15 is 0 Å². The lowest BCUT2D eigenvalue weighted by Crippen LogP contribution is -2.43. The molecule has 7 heteroatoms. The molecule has 0 aromatic heterocycles. The number of hydrogen-bond acceptors (Lipinski definition) is 4. The van der Waals surface area contributed by atoms with Gasteiger partial charge in [-0.1, -0.05) is 31.4 Å². The number of hydrogen-bond donors (Lipinski definition) is 3. The van der Waals surface area contributed by atoms with Crippen LogP contribution in [-0.2, 0) is 0 Å². The summed E-state index contributed by atoms with van der Waals surface area (Å²) in [5, 5.41) is 16.0. The van der Waals surface area contributed by atoms with Gasteiger partial charge in [-0.3, -0.25) is 19.5 Å².